The summed E-state index contributed by atoms with van der Waals surface area (Å²) in [4.78, 5) is 11.8. The zero-order valence-electron chi connectivity index (χ0n) is 11.3. The molecule has 1 aliphatic rings. The lowest BCUT2D eigenvalue weighted by Crippen LogP contribution is -2.45. The third kappa shape index (κ3) is 5.77. The van der Waals surface area contributed by atoms with Crippen molar-refractivity contribution in [3.8, 4) is 0 Å². The van der Waals surface area contributed by atoms with Crippen molar-refractivity contribution in [3.63, 3.8) is 0 Å². The molecular formula is C13H26N2OS. The normalized spacial score (nSPS) is 19.3. The van der Waals surface area contributed by atoms with Gasteiger partial charge in [-0.25, -0.2) is 0 Å². The molecule has 0 aromatic carbocycles. The smallest absolute Gasteiger partial charge is 0.230 e. The highest BCUT2D eigenvalue weighted by Gasteiger charge is 2.25. The Balaban J connectivity index is 2.32. The fourth-order valence-electron chi connectivity index (χ4n) is 2.26. The summed E-state index contributed by atoms with van der Waals surface area (Å²) < 4.78 is 0.142. The second-order valence-electron chi connectivity index (χ2n) is 5.86. The molecule has 17 heavy (non-hydrogen) atoms. The van der Waals surface area contributed by atoms with E-state index in [0.29, 0.717) is 18.2 Å². The van der Waals surface area contributed by atoms with Crippen LogP contribution in [0, 0.1) is 5.92 Å². The lowest BCUT2D eigenvalue weighted by atomic mass is 9.98. The van der Waals surface area contributed by atoms with Gasteiger partial charge in [-0.15, -0.1) is 11.8 Å². The van der Waals surface area contributed by atoms with Crippen LogP contribution in [0.2, 0.25) is 0 Å². The predicted octanol–water partition coefficient (Wildman–Crippen LogP) is 2.15. The summed E-state index contributed by atoms with van der Waals surface area (Å²) >= 11 is 1.68. The Hall–Kier alpha value is -0.220. The molecular weight excluding hydrogens is 232 g/mol. The van der Waals surface area contributed by atoms with Gasteiger partial charge in [0.2, 0.25) is 5.91 Å². The van der Waals surface area contributed by atoms with E-state index in [0.717, 1.165) is 0 Å². The zero-order valence-corrected chi connectivity index (χ0v) is 12.1. The van der Waals surface area contributed by atoms with Crippen LogP contribution in [0.5, 0.6) is 0 Å². The zero-order chi connectivity index (χ0) is 12.9. The average Bonchev–Trinajstić information content (AvgIpc) is 2.75. The largest absolute Gasteiger partial charge is 0.351 e. The summed E-state index contributed by atoms with van der Waals surface area (Å²) in [5.41, 5.74) is 5.76. The van der Waals surface area contributed by atoms with E-state index in [1.807, 2.05) is 0 Å². The fraction of sp³-hybridized carbons (Fsp3) is 0.923. The monoisotopic (exact) mass is 258 g/mol. The van der Waals surface area contributed by atoms with Crippen LogP contribution in [0.1, 0.15) is 46.5 Å². The van der Waals surface area contributed by atoms with Gasteiger partial charge in [0.15, 0.2) is 0 Å². The van der Waals surface area contributed by atoms with Gasteiger partial charge in [-0.1, -0.05) is 33.6 Å². The van der Waals surface area contributed by atoms with Crippen molar-refractivity contribution in [1.82, 2.24) is 5.32 Å². The van der Waals surface area contributed by atoms with Crippen LogP contribution in [0.4, 0.5) is 0 Å². The van der Waals surface area contributed by atoms with Crippen LogP contribution < -0.4 is 11.1 Å². The van der Waals surface area contributed by atoms with Crippen molar-refractivity contribution in [2.45, 2.75) is 57.2 Å². The molecule has 100 valence electrons. The molecule has 0 aliphatic heterocycles. The lowest BCUT2D eigenvalue weighted by Gasteiger charge is -2.24. The van der Waals surface area contributed by atoms with E-state index in [-0.39, 0.29) is 16.7 Å². The molecule has 1 fully saturated rings. The first kappa shape index (κ1) is 14.8. The second kappa shape index (κ2) is 6.64. The van der Waals surface area contributed by atoms with Crippen molar-refractivity contribution < 1.29 is 4.79 Å². The number of hydrogen-bond donors (Lipinski definition) is 2. The maximum absolute atomic E-state index is 11.8. The summed E-state index contributed by atoms with van der Waals surface area (Å²) in [5.74, 6) is 1.27. The van der Waals surface area contributed by atoms with Gasteiger partial charge in [0, 0.05) is 17.3 Å². The highest BCUT2D eigenvalue weighted by molar-refractivity contribution is 8.01. The van der Waals surface area contributed by atoms with E-state index < -0.39 is 0 Å². The molecule has 1 unspecified atom stereocenters. The molecule has 0 radical (unpaired) electrons. The first-order chi connectivity index (χ1) is 7.92. The molecule has 0 saturated heterocycles. The summed E-state index contributed by atoms with van der Waals surface area (Å²) in [6.07, 6.45) is 5.00. The van der Waals surface area contributed by atoms with Gasteiger partial charge >= 0.3 is 0 Å². The molecule has 1 atom stereocenters. The number of hydrogen-bond acceptors (Lipinski definition) is 3. The molecule has 1 aliphatic carbocycles. The van der Waals surface area contributed by atoms with Gasteiger partial charge in [-0.2, -0.15) is 0 Å². The molecule has 3 N–H and O–H groups in total. The SMILES string of the molecule is CC(C)(C)SCC(=O)NC(CN)C1CCCC1. The van der Waals surface area contributed by atoms with Gasteiger partial charge in [-0.3, -0.25) is 4.79 Å². The Morgan fingerprint density at radius 3 is 2.47 bits per heavy atom. The minimum absolute atomic E-state index is 0.132. The van der Waals surface area contributed by atoms with Crippen LogP contribution in [-0.2, 0) is 4.79 Å². The predicted molar refractivity (Wildman–Crippen MR) is 75.2 cm³/mol. The summed E-state index contributed by atoms with van der Waals surface area (Å²) in [6.45, 7) is 6.95. The number of thioether (sulfide) groups is 1. The molecule has 1 amide bonds. The van der Waals surface area contributed by atoms with Crippen LogP contribution in [-0.4, -0.2) is 29.0 Å². The topological polar surface area (TPSA) is 55.1 Å². The summed E-state index contributed by atoms with van der Waals surface area (Å²) in [7, 11) is 0. The highest BCUT2D eigenvalue weighted by atomic mass is 32.2. The number of amides is 1. The van der Waals surface area contributed by atoms with E-state index in [1.165, 1.54) is 25.7 Å². The Labute approximate surface area is 109 Å². The maximum atomic E-state index is 11.8. The Morgan fingerprint density at radius 1 is 1.41 bits per heavy atom. The number of nitrogens with one attached hydrogen (secondary N) is 1. The van der Waals surface area contributed by atoms with E-state index in [1.54, 1.807) is 11.8 Å². The molecule has 0 aromatic heterocycles. The number of nitrogens with two attached hydrogens (primary N) is 1. The average molecular weight is 258 g/mol. The fourth-order valence-corrected chi connectivity index (χ4v) is 2.91. The van der Waals surface area contributed by atoms with Crippen LogP contribution in [0.3, 0.4) is 0 Å². The van der Waals surface area contributed by atoms with Gasteiger partial charge in [-0.05, 0) is 18.8 Å². The second-order valence-corrected chi connectivity index (χ2v) is 7.66. The van der Waals surface area contributed by atoms with Gasteiger partial charge in [0.05, 0.1) is 5.75 Å². The number of rotatable bonds is 5. The molecule has 0 bridgehead atoms. The maximum Gasteiger partial charge on any atom is 0.230 e. The van der Waals surface area contributed by atoms with Crippen molar-refractivity contribution >= 4 is 17.7 Å². The lowest BCUT2D eigenvalue weighted by molar-refractivity contribution is -0.119. The van der Waals surface area contributed by atoms with E-state index in [2.05, 4.69) is 26.1 Å². The summed E-state index contributed by atoms with van der Waals surface area (Å²) in [6, 6.07) is 0.186. The van der Waals surface area contributed by atoms with Crippen molar-refractivity contribution in [2.75, 3.05) is 12.3 Å². The molecule has 3 nitrogen and oxygen atoms in total. The van der Waals surface area contributed by atoms with Gasteiger partial charge in [0.25, 0.3) is 0 Å². The molecule has 4 heteroatoms. The molecule has 0 heterocycles. The standard InChI is InChI=1S/C13H26N2OS/c1-13(2,3)17-9-12(16)15-11(8-14)10-6-4-5-7-10/h10-11H,4-9,14H2,1-3H3,(H,15,16). The Bertz CT molecular complexity index is 244. The van der Waals surface area contributed by atoms with E-state index in [4.69, 9.17) is 5.73 Å². The Kier molecular flexibility index (Phi) is 5.80. The van der Waals surface area contributed by atoms with Crippen LogP contribution >= 0.6 is 11.8 Å². The quantitative estimate of drug-likeness (QED) is 0.794. The van der Waals surface area contributed by atoms with Crippen molar-refractivity contribution in [1.29, 1.82) is 0 Å². The first-order valence-corrected chi connectivity index (χ1v) is 7.54. The van der Waals surface area contributed by atoms with Gasteiger partial charge in [0.1, 0.15) is 0 Å². The molecule has 1 saturated carbocycles. The van der Waals surface area contributed by atoms with E-state index >= 15 is 0 Å². The van der Waals surface area contributed by atoms with E-state index in [9.17, 15) is 4.79 Å². The third-order valence-electron chi connectivity index (χ3n) is 3.21. The Morgan fingerprint density at radius 2 is 2.00 bits per heavy atom. The molecule has 0 aromatic rings. The van der Waals surface area contributed by atoms with Crippen LogP contribution in [0.15, 0.2) is 0 Å². The minimum atomic E-state index is 0.132. The molecule has 0 spiro atoms. The molecule has 1 rings (SSSR count). The van der Waals surface area contributed by atoms with Gasteiger partial charge < -0.3 is 11.1 Å². The number of carbonyl (C=O) groups excluding carboxylic acids is 1. The van der Waals surface area contributed by atoms with Crippen LogP contribution in [0.25, 0.3) is 0 Å². The van der Waals surface area contributed by atoms with Crippen molar-refractivity contribution in [2.24, 2.45) is 11.7 Å². The summed E-state index contributed by atoms with van der Waals surface area (Å²) in [5, 5.41) is 3.10. The first-order valence-electron chi connectivity index (χ1n) is 6.56. The minimum Gasteiger partial charge on any atom is -0.351 e. The number of carbonyl (C=O) groups is 1. The third-order valence-corrected chi connectivity index (χ3v) is 4.48. The van der Waals surface area contributed by atoms with Crippen molar-refractivity contribution in [3.05, 3.63) is 0 Å². The highest BCUT2D eigenvalue weighted by Crippen LogP contribution is 2.27.